The first-order valence-electron chi connectivity index (χ1n) is 12.5. The zero-order valence-electron chi connectivity index (χ0n) is 22.6. The zero-order valence-corrected chi connectivity index (χ0v) is 25.0. The number of carbonyl (C=O) groups is 1. The summed E-state index contributed by atoms with van der Waals surface area (Å²) in [5.41, 5.74) is 3.02. The van der Waals surface area contributed by atoms with Gasteiger partial charge in [-0.3, -0.25) is 9.36 Å². The second kappa shape index (κ2) is 11.3. The maximum atomic E-state index is 13.9. The number of hydrogen-bond donors (Lipinski definition) is 0. The van der Waals surface area contributed by atoms with Crippen molar-refractivity contribution in [3.63, 3.8) is 0 Å². The van der Waals surface area contributed by atoms with Gasteiger partial charge in [-0.2, -0.15) is 0 Å². The minimum Gasteiger partial charge on any atom is -0.497 e. The van der Waals surface area contributed by atoms with E-state index in [2.05, 4.69) is 20.9 Å². The number of rotatable bonds is 7. The average Bonchev–Trinajstić information content (AvgIpc) is 3.51. The van der Waals surface area contributed by atoms with E-state index < -0.39 is 12.0 Å². The van der Waals surface area contributed by atoms with Gasteiger partial charge in [-0.1, -0.05) is 33.3 Å². The lowest BCUT2D eigenvalue weighted by molar-refractivity contribution is -0.139. The Morgan fingerprint density at radius 3 is 2.62 bits per heavy atom. The minimum atomic E-state index is -0.835. The highest BCUT2D eigenvalue weighted by Crippen LogP contribution is 2.38. The number of ether oxygens (including phenoxy) is 3. The third-order valence-electron chi connectivity index (χ3n) is 6.54. The Labute approximate surface area is 243 Å². The monoisotopic (exact) mass is 622 g/mol. The van der Waals surface area contributed by atoms with Crippen LogP contribution in [0.1, 0.15) is 36.8 Å². The van der Waals surface area contributed by atoms with Crippen molar-refractivity contribution in [3.05, 3.63) is 101 Å². The molecule has 0 unspecified atom stereocenters. The van der Waals surface area contributed by atoms with Gasteiger partial charge in [0, 0.05) is 21.7 Å². The fourth-order valence-electron chi connectivity index (χ4n) is 4.66. The molecule has 0 saturated carbocycles. The molecule has 1 aliphatic rings. The molecule has 3 heterocycles. The van der Waals surface area contributed by atoms with Gasteiger partial charge in [0.2, 0.25) is 0 Å². The molecule has 206 valence electrons. The molecular weight excluding hydrogens is 596 g/mol. The third-order valence-corrected chi connectivity index (χ3v) is 8.18. The van der Waals surface area contributed by atoms with Gasteiger partial charge in [-0.05, 0) is 68.8 Å². The Kier molecular flexibility index (Phi) is 7.82. The van der Waals surface area contributed by atoms with Crippen LogP contribution in [0.4, 0.5) is 0 Å². The number of aryl methyl sites for hydroxylation is 1. The van der Waals surface area contributed by atoms with Crippen molar-refractivity contribution in [3.8, 4) is 22.8 Å². The van der Waals surface area contributed by atoms with Crippen LogP contribution in [-0.4, -0.2) is 31.4 Å². The van der Waals surface area contributed by atoms with Gasteiger partial charge < -0.3 is 18.6 Å². The van der Waals surface area contributed by atoms with Gasteiger partial charge in [-0.25, -0.2) is 9.79 Å². The lowest BCUT2D eigenvalue weighted by Gasteiger charge is -2.26. The maximum Gasteiger partial charge on any atom is 0.338 e. The first kappa shape index (κ1) is 27.7. The lowest BCUT2D eigenvalue weighted by atomic mass is 9.95. The van der Waals surface area contributed by atoms with Crippen LogP contribution >= 0.6 is 27.3 Å². The average molecular weight is 624 g/mol. The number of halogens is 1. The van der Waals surface area contributed by atoms with Crippen molar-refractivity contribution in [1.82, 2.24) is 4.57 Å². The summed E-state index contributed by atoms with van der Waals surface area (Å²) in [5.74, 6) is 1.69. The molecule has 2 aromatic carbocycles. The van der Waals surface area contributed by atoms with Crippen molar-refractivity contribution in [1.29, 1.82) is 0 Å². The number of methoxy groups -OCH3 is 2. The van der Waals surface area contributed by atoms with Gasteiger partial charge >= 0.3 is 5.97 Å². The second-order valence-electron chi connectivity index (χ2n) is 9.10. The molecular formula is C30H27BrN2O6S. The highest BCUT2D eigenvalue weighted by atomic mass is 79.9. The SMILES string of the molecule is CCOC(=O)C1=C(C)N=c2s/c(=C\c3ccc(-c4ccc(C)cc4Br)o3)c(=O)n2[C@H]1c1cc(OC)ccc1OC. The summed E-state index contributed by atoms with van der Waals surface area (Å²) in [6.45, 7) is 5.67. The summed E-state index contributed by atoms with van der Waals surface area (Å²) in [7, 11) is 3.09. The summed E-state index contributed by atoms with van der Waals surface area (Å²) < 4.78 is 25.4. The lowest BCUT2D eigenvalue weighted by Crippen LogP contribution is -2.40. The van der Waals surface area contributed by atoms with Crippen LogP contribution in [-0.2, 0) is 9.53 Å². The summed E-state index contributed by atoms with van der Waals surface area (Å²) >= 11 is 4.82. The molecule has 4 aromatic rings. The number of carbonyl (C=O) groups excluding carboxylic acids is 1. The van der Waals surface area contributed by atoms with Crippen LogP contribution in [0.15, 0.2) is 78.5 Å². The van der Waals surface area contributed by atoms with Crippen LogP contribution in [0.25, 0.3) is 17.4 Å². The largest absolute Gasteiger partial charge is 0.497 e. The van der Waals surface area contributed by atoms with E-state index in [4.69, 9.17) is 18.6 Å². The van der Waals surface area contributed by atoms with Crippen LogP contribution < -0.4 is 24.4 Å². The normalized spacial score (nSPS) is 15.1. The summed E-state index contributed by atoms with van der Waals surface area (Å²) in [6, 6.07) is 14.1. The fourth-order valence-corrected chi connectivity index (χ4v) is 6.38. The molecule has 0 aliphatic carbocycles. The molecule has 0 N–H and O–H groups in total. The Balaban J connectivity index is 1.68. The molecule has 2 aromatic heterocycles. The van der Waals surface area contributed by atoms with E-state index in [0.717, 1.165) is 15.6 Å². The Morgan fingerprint density at radius 1 is 1.12 bits per heavy atom. The van der Waals surface area contributed by atoms with Gasteiger partial charge in [-0.15, -0.1) is 0 Å². The van der Waals surface area contributed by atoms with Gasteiger partial charge in [0.1, 0.15) is 29.1 Å². The summed E-state index contributed by atoms with van der Waals surface area (Å²) in [6.07, 6.45) is 1.69. The predicted molar refractivity (Wildman–Crippen MR) is 157 cm³/mol. The number of furan rings is 1. The topological polar surface area (TPSA) is 92.3 Å². The number of nitrogens with zero attached hydrogens (tertiary/aromatic N) is 2. The number of aromatic nitrogens is 1. The standard InChI is InChI=1S/C30H27BrN2O6S/c1-6-38-29(35)26-17(3)32-30-33(27(26)21-14-18(36-4)8-11-23(21)37-5)28(34)25(40-30)15-19-9-12-24(39-19)20-10-7-16(2)13-22(20)31/h7-15,27H,6H2,1-5H3/b25-15-/t27-/m0/s1. The molecule has 1 atom stereocenters. The number of esters is 1. The van der Waals surface area contributed by atoms with E-state index in [1.165, 1.54) is 23.0 Å². The van der Waals surface area contributed by atoms with Crippen LogP contribution in [0.5, 0.6) is 11.5 Å². The summed E-state index contributed by atoms with van der Waals surface area (Å²) in [4.78, 5) is 32.2. The number of hydrogen-bond acceptors (Lipinski definition) is 8. The highest BCUT2D eigenvalue weighted by molar-refractivity contribution is 9.10. The minimum absolute atomic E-state index is 0.180. The quantitative estimate of drug-likeness (QED) is 0.265. The van der Waals surface area contributed by atoms with E-state index in [9.17, 15) is 9.59 Å². The Morgan fingerprint density at radius 2 is 1.93 bits per heavy atom. The molecule has 40 heavy (non-hydrogen) atoms. The number of benzene rings is 2. The van der Waals surface area contributed by atoms with E-state index in [0.29, 0.717) is 43.6 Å². The highest BCUT2D eigenvalue weighted by Gasteiger charge is 2.35. The van der Waals surface area contributed by atoms with Gasteiger partial charge in [0.25, 0.3) is 5.56 Å². The molecule has 0 bridgehead atoms. The molecule has 5 rings (SSSR count). The van der Waals surface area contributed by atoms with Crippen LogP contribution in [0, 0.1) is 6.92 Å². The Hall–Kier alpha value is -3.89. The number of fused-ring (bicyclic) bond motifs is 1. The number of allylic oxidation sites excluding steroid dienone is 1. The Bertz CT molecular complexity index is 1830. The fraction of sp³-hybridized carbons (Fsp3) is 0.233. The molecule has 10 heteroatoms. The molecule has 1 aliphatic heterocycles. The van der Waals surface area contributed by atoms with Crippen LogP contribution in [0.2, 0.25) is 0 Å². The third kappa shape index (κ3) is 5.04. The van der Waals surface area contributed by atoms with E-state index in [-0.39, 0.29) is 17.7 Å². The molecule has 0 fully saturated rings. The summed E-state index contributed by atoms with van der Waals surface area (Å²) in [5, 5.41) is 0. The zero-order chi connectivity index (χ0) is 28.6. The first-order chi connectivity index (χ1) is 19.2. The van der Waals surface area contributed by atoms with Gasteiger partial charge in [0.05, 0.1) is 36.6 Å². The van der Waals surface area contributed by atoms with Crippen molar-refractivity contribution >= 4 is 39.3 Å². The molecule has 8 nitrogen and oxygen atoms in total. The van der Waals surface area contributed by atoms with E-state index in [1.54, 1.807) is 45.2 Å². The predicted octanol–water partition coefficient (Wildman–Crippen LogP) is 5.15. The smallest absolute Gasteiger partial charge is 0.338 e. The number of thiazole rings is 1. The van der Waals surface area contributed by atoms with Crippen molar-refractivity contribution in [2.45, 2.75) is 26.8 Å². The molecule has 0 amide bonds. The second-order valence-corrected chi connectivity index (χ2v) is 11.0. The van der Waals surface area contributed by atoms with Crippen molar-refractivity contribution in [2.75, 3.05) is 20.8 Å². The molecule has 0 spiro atoms. The molecule has 0 radical (unpaired) electrons. The van der Waals surface area contributed by atoms with E-state index in [1.807, 2.05) is 37.3 Å². The van der Waals surface area contributed by atoms with Crippen LogP contribution in [0.3, 0.4) is 0 Å². The van der Waals surface area contributed by atoms with E-state index >= 15 is 0 Å². The van der Waals surface area contributed by atoms with Gasteiger partial charge in [0.15, 0.2) is 4.80 Å². The maximum absolute atomic E-state index is 13.9. The van der Waals surface area contributed by atoms with Crippen molar-refractivity contribution in [2.24, 2.45) is 4.99 Å². The first-order valence-corrected chi connectivity index (χ1v) is 14.1. The molecule has 0 saturated heterocycles. The van der Waals surface area contributed by atoms with Crippen molar-refractivity contribution < 1.29 is 23.4 Å².